The quantitative estimate of drug-likeness (QED) is 0.844. The van der Waals surface area contributed by atoms with Crippen LogP contribution in [-0.4, -0.2) is 47.6 Å². The summed E-state index contributed by atoms with van der Waals surface area (Å²) in [7, 11) is 0. The van der Waals surface area contributed by atoms with E-state index in [-0.39, 0.29) is 18.0 Å². The van der Waals surface area contributed by atoms with E-state index in [9.17, 15) is 9.59 Å². The van der Waals surface area contributed by atoms with Gasteiger partial charge in [-0.1, -0.05) is 6.07 Å². The Balaban J connectivity index is 1.54. The van der Waals surface area contributed by atoms with E-state index in [4.69, 9.17) is 4.74 Å². The van der Waals surface area contributed by atoms with Crippen molar-refractivity contribution in [3.05, 3.63) is 27.4 Å². The molecule has 2 amide bonds. The number of amides is 2. The highest BCUT2D eigenvalue weighted by atomic mass is 32.1. The van der Waals surface area contributed by atoms with E-state index in [0.717, 1.165) is 33.3 Å². The number of piperidine rings is 1. The van der Waals surface area contributed by atoms with Crippen molar-refractivity contribution in [2.75, 3.05) is 19.7 Å². The lowest BCUT2D eigenvalue weighted by Crippen LogP contribution is -2.47. The number of likely N-dealkylation sites (tertiary alicyclic amines) is 1. The van der Waals surface area contributed by atoms with Crippen LogP contribution in [0.3, 0.4) is 0 Å². The van der Waals surface area contributed by atoms with Gasteiger partial charge >= 0.3 is 6.09 Å². The second kappa shape index (κ2) is 8.64. The van der Waals surface area contributed by atoms with Crippen LogP contribution in [0.1, 0.15) is 29.7 Å². The molecule has 1 aliphatic rings. The molecule has 0 saturated carbocycles. The molecule has 140 valence electrons. The highest BCUT2D eigenvalue weighted by molar-refractivity contribution is 7.15. The molecule has 0 spiro atoms. The lowest BCUT2D eigenvalue weighted by atomic mass is 10.1. The molecule has 8 heteroatoms. The minimum atomic E-state index is -0.266. The molecule has 0 bridgehead atoms. The van der Waals surface area contributed by atoms with Crippen LogP contribution in [0.25, 0.3) is 10.6 Å². The normalized spacial score (nSPS) is 15.1. The largest absolute Gasteiger partial charge is 0.450 e. The van der Waals surface area contributed by atoms with E-state index in [0.29, 0.717) is 26.1 Å². The molecule has 1 fully saturated rings. The molecule has 1 N–H and O–H groups in total. The van der Waals surface area contributed by atoms with Gasteiger partial charge in [-0.15, -0.1) is 22.7 Å². The van der Waals surface area contributed by atoms with Crippen LogP contribution < -0.4 is 5.32 Å². The number of aromatic nitrogens is 1. The molecule has 1 saturated heterocycles. The molecule has 2 aromatic heterocycles. The molecule has 0 atom stereocenters. The number of carbonyl (C=O) groups is 2. The summed E-state index contributed by atoms with van der Waals surface area (Å²) in [4.78, 5) is 32.6. The first-order chi connectivity index (χ1) is 12.6. The zero-order valence-electron chi connectivity index (χ0n) is 15.0. The number of nitrogens with one attached hydrogen (secondary N) is 1. The first-order valence-electron chi connectivity index (χ1n) is 8.78. The fraction of sp³-hybridized carbons (Fsp3) is 0.500. The molecule has 0 radical (unpaired) electrons. The first-order valence-corrected chi connectivity index (χ1v) is 10.5. The molecular weight excluding hydrogens is 370 g/mol. The first kappa shape index (κ1) is 18.8. The van der Waals surface area contributed by atoms with Crippen molar-refractivity contribution < 1.29 is 14.3 Å². The Bertz CT molecular complexity index is 750. The third-order valence-corrected chi connectivity index (χ3v) is 6.11. The lowest BCUT2D eigenvalue weighted by molar-refractivity contribution is -0.121. The standard InChI is InChI=1S/C18H23N3O3S2/c1-3-24-18(23)21-8-6-13(7-9-21)20-16(22)11-15-17(19-12(2)26-15)14-5-4-10-25-14/h4-5,10,13H,3,6-9,11H2,1-2H3,(H,20,22). The number of hydrogen-bond donors (Lipinski definition) is 1. The Morgan fingerprint density at radius 2 is 2.15 bits per heavy atom. The summed E-state index contributed by atoms with van der Waals surface area (Å²) in [6.45, 7) is 5.38. The number of aryl methyl sites for hydroxylation is 1. The van der Waals surface area contributed by atoms with Gasteiger partial charge in [-0.25, -0.2) is 9.78 Å². The van der Waals surface area contributed by atoms with Gasteiger partial charge in [0.25, 0.3) is 0 Å². The smallest absolute Gasteiger partial charge is 0.409 e. The topological polar surface area (TPSA) is 71.5 Å². The monoisotopic (exact) mass is 393 g/mol. The van der Waals surface area contributed by atoms with Gasteiger partial charge < -0.3 is 15.0 Å². The van der Waals surface area contributed by atoms with E-state index >= 15 is 0 Å². The van der Waals surface area contributed by atoms with Crippen molar-refractivity contribution in [3.8, 4) is 10.6 Å². The van der Waals surface area contributed by atoms with Gasteiger partial charge in [-0.05, 0) is 38.1 Å². The molecule has 6 nitrogen and oxygen atoms in total. The molecule has 0 unspecified atom stereocenters. The van der Waals surface area contributed by atoms with Crippen molar-refractivity contribution in [1.82, 2.24) is 15.2 Å². The highest BCUT2D eigenvalue weighted by Gasteiger charge is 2.25. The van der Waals surface area contributed by atoms with Gasteiger partial charge in [0.2, 0.25) is 5.91 Å². The van der Waals surface area contributed by atoms with E-state index in [2.05, 4.69) is 10.3 Å². The van der Waals surface area contributed by atoms with E-state index in [1.807, 2.05) is 24.4 Å². The van der Waals surface area contributed by atoms with Crippen molar-refractivity contribution in [3.63, 3.8) is 0 Å². The van der Waals surface area contributed by atoms with Gasteiger partial charge in [0, 0.05) is 24.0 Å². The van der Waals surface area contributed by atoms with Crippen LogP contribution in [0.2, 0.25) is 0 Å². The summed E-state index contributed by atoms with van der Waals surface area (Å²) in [5.74, 6) is 0.0149. The number of hydrogen-bond acceptors (Lipinski definition) is 6. The zero-order valence-corrected chi connectivity index (χ0v) is 16.6. The highest BCUT2D eigenvalue weighted by Crippen LogP contribution is 2.31. The summed E-state index contributed by atoms with van der Waals surface area (Å²) < 4.78 is 5.02. The molecule has 1 aliphatic heterocycles. The van der Waals surface area contributed by atoms with Crippen LogP contribution in [0.5, 0.6) is 0 Å². The zero-order chi connectivity index (χ0) is 18.5. The maximum atomic E-state index is 12.5. The maximum absolute atomic E-state index is 12.5. The van der Waals surface area contributed by atoms with Gasteiger partial charge in [0.1, 0.15) is 0 Å². The van der Waals surface area contributed by atoms with Crippen molar-refractivity contribution in [2.45, 2.75) is 39.2 Å². The Morgan fingerprint density at radius 3 is 2.81 bits per heavy atom. The summed E-state index contributed by atoms with van der Waals surface area (Å²) in [5, 5.41) is 6.10. The SMILES string of the molecule is CCOC(=O)N1CCC(NC(=O)Cc2sc(C)nc2-c2cccs2)CC1. The maximum Gasteiger partial charge on any atom is 0.409 e. The second-order valence-corrected chi connectivity index (χ2v) is 8.42. The molecule has 3 rings (SSSR count). The Kier molecular flexibility index (Phi) is 6.26. The van der Waals surface area contributed by atoms with Crippen LogP contribution in [0.15, 0.2) is 17.5 Å². The fourth-order valence-corrected chi connectivity index (χ4v) is 4.80. The summed E-state index contributed by atoms with van der Waals surface area (Å²) in [6.07, 6.45) is 1.59. The van der Waals surface area contributed by atoms with Crippen LogP contribution in [0, 0.1) is 6.92 Å². The number of rotatable bonds is 5. The van der Waals surface area contributed by atoms with Gasteiger partial charge in [-0.2, -0.15) is 0 Å². The van der Waals surface area contributed by atoms with E-state index < -0.39 is 0 Å². The molecule has 26 heavy (non-hydrogen) atoms. The number of thiazole rings is 1. The third kappa shape index (κ3) is 4.62. The Morgan fingerprint density at radius 1 is 1.38 bits per heavy atom. The summed E-state index contributed by atoms with van der Waals surface area (Å²) >= 11 is 3.21. The second-order valence-electron chi connectivity index (χ2n) is 6.19. The molecule has 3 heterocycles. The molecule has 2 aromatic rings. The van der Waals surface area contributed by atoms with Gasteiger partial charge in [-0.3, -0.25) is 4.79 Å². The minimum Gasteiger partial charge on any atom is -0.450 e. The average molecular weight is 394 g/mol. The van der Waals surface area contributed by atoms with Gasteiger partial charge in [0.05, 0.1) is 28.6 Å². The number of ether oxygens (including phenoxy) is 1. The predicted molar refractivity (Wildman–Crippen MR) is 104 cm³/mol. The summed E-state index contributed by atoms with van der Waals surface area (Å²) in [5.41, 5.74) is 0.926. The van der Waals surface area contributed by atoms with Crippen molar-refractivity contribution >= 4 is 34.7 Å². The van der Waals surface area contributed by atoms with E-state index in [1.165, 1.54) is 0 Å². The van der Waals surface area contributed by atoms with Crippen LogP contribution in [-0.2, 0) is 16.0 Å². The van der Waals surface area contributed by atoms with Crippen LogP contribution in [0.4, 0.5) is 4.79 Å². The summed E-state index contributed by atoms with van der Waals surface area (Å²) in [6, 6.07) is 4.13. The number of thiophene rings is 1. The van der Waals surface area contributed by atoms with Crippen molar-refractivity contribution in [2.24, 2.45) is 0 Å². The minimum absolute atomic E-state index is 0.0149. The Hall–Kier alpha value is -1.93. The molecule has 0 aliphatic carbocycles. The predicted octanol–water partition coefficient (Wildman–Crippen LogP) is 3.46. The Labute approximate surface area is 161 Å². The average Bonchev–Trinajstić information content (AvgIpc) is 3.25. The fourth-order valence-electron chi connectivity index (χ4n) is 3.04. The molecule has 0 aromatic carbocycles. The number of nitrogens with zero attached hydrogens (tertiary/aromatic N) is 2. The van der Waals surface area contributed by atoms with Crippen molar-refractivity contribution in [1.29, 1.82) is 0 Å². The van der Waals surface area contributed by atoms with Crippen LogP contribution >= 0.6 is 22.7 Å². The molecular formula is C18H23N3O3S2. The van der Waals surface area contributed by atoms with E-state index in [1.54, 1.807) is 34.5 Å². The lowest BCUT2D eigenvalue weighted by Gasteiger charge is -2.31. The van der Waals surface area contributed by atoms with Gasteiger partial charge in [0.15, 0.2) is 0 Å². The third-order valence-electron chi connectivity index (χ3n) is 4.27. The number of carbonyl (C=O) groups excluding carboxylic acids is 2.